The first-order chi connectivity index (χ1) is 7.94. The molecule has 1 unspecified atom stereocenters. The topological polar surface area (TPSA) is 17.1 Å². The summed E-state index contributed by atoms with van der Waals surface area (Å²) in [6.07, 6.45) is 3.61. The fourth-order valence-electron chi connectivity index (χ4n) is 2.95. The van der Waals surface area contributed by atoms with Crippen molar-refractivity contribution in [3.8, 4) is 0 Å². The third kappa shape index (κ3) is 3.57. The summed E-state index contributed by atoms with van der Waals surface area (Å²) >= 11 is 5.87. The molecule has 0 bridgehead atoms. The van der Waals surface area contributed by atoms with Gasteiger partial charge < -0.3 is 0 Å². The summed E-state index contributed by atoms with van der Waals surface area (Å²) in [5.41, 5.74) is 1.46. The van der Waals surface area contributed by atoms with E-state index >= 15 is 0 Å². The van der Waals surface area contributed by atoms with Crippen LogP contribution in [0.3, 0.4) is 0 Å². The molecule has 1 nitrogen and oxygen atoms in total. The van der Waals surface area contributed by atoms with Crippen LogP contribution >= 0.6 is 11.6 Å². The van der Waals surface area contributed by atoms with Crippen molar-refractivity contribution in [2.45, 2.75) is 39.5 Å². The minimum atomic E-state index is 0.173. The van der Waals surface area contributed by atoms with E-state index < -0.39 is 0 Å². The highest BCUT2D eigenvalue weighted by molar-refractivity contribution is 6.30. The van der Waals surface area contributed by atoms with Gasteiger partial charge in [0.05, 0.1) is 0 Å². The fourth-order valence-corrected chi connectivity index (χ4v) is 3.08. The summed E-state index contributed by atoms with van der Waals surface area (Å²) in [6, 6.07) is 7.97. The Bertz CT molecular complexity index is 405. The predicted octanol–water partition coefficient (Wildman–Crippen LogP) is 4.28. The van der Waals surface area contributed by atoms with Crippen LogP contribution in [0.1, 0.15) is 38.7 Å². The van der Waals surface area contributed by atoms with Crippen molar-refractivity contribution < 1.29 is 4.79 Å². The zero-order valence-corrected chi connectivity index (χ0v) is 11.3. The van der Waals surface area contributed by atoms with Crippen LogP contribution in [0, 0.1) is 11.3 Å². The molecule has 0 spiro atoms. The zero-order chi connectivity index (χ0) is 12.5. The van der Waals surface area contributed by atoms with Crippen molar-refractivity contribution in [2.75, 3.05) is 0 Å². The van der Waals surface area contributed by atoms with Gasteiger partial charge in [-0.05, 0) is 41.9 Å². The third-order valence-electron chi connectivity index (χ3n) is 3.47. The van der Waals surface area contributed by atoms with E-state index in [1.165, 1.54) is 5.56 Å². The SMILES string of the molecule is CC1(C)CC(=O)CC(Cc2ccc(Cl)cc2)C1. The molecule has 17 heavy (non-hydrogen) atoms. The highest BCUT2D eigenvalue weighted by atomic mass is 35.5. The average Bonchev–Trinajstić information content (AvgIpc) is 2.18. The van der Waals surface area contributed by atoms with Gasteiger partial charge in [-0.1, -0.05) is 37.6 Å². The van der Waals surface area contributed by atoms with Crippen LogP contribution in [0.4, 0.5) is 0 Å². The number of Topliss-reactive ketones (excluding diaryl/α,β-unsaturated/α-hetero) is 1. The van der Waals surface area contributed by atoms with Gasteiger partial charge in [0.15, 0.2) is 0 Å². The molecule has 1 fully saturated rings. The van der Waals surface area contributed by atoms with Crippen LogP contribution in [0.5, 0.6) is 0 Å². The molecule has 1 saturated carbocycles. The zero-order valence-electron chi connectivity index (χ0n) is 10.5. The van der Waals surface area contributed by atoms with Crippen molar-refractivity contribution in [3.05, 3.63) is 34.9 Å². The molecule has 0 radical (unpaired) electrons. The average molecular weight is 251 g/mol. The molecule has 0 N–H and O–H groups in total. The molecule has 1 aliphatic rings. The molecule has 92 valence electrons. The van der Waals surface area contributed by atoms with E-state index in [-0.39, 0.29) is 5.41 Å². The molecule has 1 aliphatic carbocycles. The molecular weight excluding hydrogens is 232 g/mol. The van der Waals surface area contributed by atoms with Crippen LogP contribution in [0.25, 0.3) is 0 Å². The van der Waals surface area contributed by atoms with Gasteiger partial charge in [-0.15, -0.1) is 0 Å². The van der Waals surface area contributed by atoms with Gasteiger partial charge in [-0.25, -0.2) is 0 Å². The number of rotatable bonds is 2. The molecule has 2 heteroatoms. The lowest BCUT2D eigenvalue weighted by atomic mass is 9.70. The third-order valence-corrected chi connectivity index (χ3v) is 3.72. The van der Waals surface area contributed by atoms with E-state index in [1.54, 1.807) is 0 Å². The molecule has 0 heterocycles. The van der Waals surface area contributed by atoms with E-state index in [0.29, 0.717) is 11.7 Å². The summed E-state index contributed by atoms with van der Waals surface area (Å²) in [7, 11) is 0. The maximum Gasteiger partial charge on any atom is 0.133 e. The second-order valence-corrected chi connectivity index (χ2v) is 6.42. The van der Waals surface area contributed by atoms with Gasteiger partial charge >= 0.3 is 0 Å². The Labute approximate surface area is 108 Å². The maximum absolute atomic E-state index is 11.7. The monoisotopic (exact) mass is 250 g/mol. The summed E-state index contributed by atoms with van der Waals surface area (Å²) in [6.45, 7) is 4.39. The van der Waals surface area contributed by atoms with Crippen LogP contribution < -0.4 is 0 Å². The quantitative estimate of drug-likeness (QED) is 0.766. The lowest BCUT2D eigenvalue weighted by Crippen LogP contribution is -2.29. The Kier molecular flexibility index (Phi) is 3.58. The number of carbonyl (C=O) groups excluding carboxylic acids is 1. The molecule has 0 aromatic heterocycles. The second-order valence-electron chi connectivity index (χ2n) is 5.98. The smallest absolute Gasteiger partial charge is 0.133 e. The molecule has 0 saturated heterocycles. The van der Waals surface area contributed by atoms with Crippen LogP contribution in [0.15, 0.2) is 24.3 Å². The highest BCUT2D eigenvalue weighted by Crippen LogP contribution is 2.38. The fraction of sp³-hybridized carbons (Fsp3) is 0.533. The Balaban J connectivity index is 2.03. The molecule has 1 aromatic carbocycles. The maximum atomic E-state index is 11.7. The van der Waals surface area contributed by atoms with Gasteiger partial charge in [0.25, 0.3) is 0 Å². The van der Waals surface area contributed by atoms with Crippen molar-refractivity contribution in [1.82, 2.24) is 0 Å². The first-order valence-corrected chi connectivity index (χ1v) is 6.58. The summed E-state index contributed by atoms with van der Waals surface area (Å²) < 4.78 is 0. The second kappa shape index (κ2) is 4.81. The van der Waals surface area contributed by atoms with Crippen molar-refractivity contribution >= 4 is 17.4 Å². The number of hydrogen-bond donors (Lipinski definition) is 0. The molecule has 0 aliphatic heterocycles. The van der Waals surface area contributed by atoms with Crippen molar-refractivity contribution in [3.63, 3.8) is 0 Å². The Morgan fingerprint density at radius 1 is 1.29 bits per heavy atom. The lowest BCUT2D eigenvalue weighted by Gasteiger charge is -2.34. The van der Waals surface area contributed by atoms with E-state index in [4.69, 9.17) is 11.6 Å². The molecule has 1 aromatic rings. The first kappa shape index (κ1) is 12.6. The number of halogens is 1. The Hall–Kier alpha value is -0.820. The minimum Gasteiger partial charge on any atom is -0.300 e. The number of ketones is 1. The first-order valence-electron chi connectivity index (χ1n) is 6.21. The largest absolute Gasteiger partial charge is 0.300 e. The summed E-state index contributed by atoms with van der Waals surface area (Å²) in [4.78, 5) is 11.7. The van der Waals surface area contributed by atoms with Gasteiger partial charge in [0.1, 0.15) is 5.78 Å². The molecule has 1 atom stereocenters. The van der Waals surface area contributed by atoms with Crippen LogP contribution in [-0.2, 0) is 11.2 Å². The predicted molar refractivity (Wildman–Crippen MR) is 71.3 cm³/mol. The van der Waals surface area contributed by atoms with Crippen molar-refractivity contribution in [2.24, 2.45) is 11.3 Å². The van der Waals surface area contributed by atoms with Crippen molar-refractivity contribution in [1.29, 1.82) is 0 Å². The standard InChI is InChI=1S/C15H19ClO/c1-15(2)9-12(8-14(17)10-15)7-11-3-5-13(16)6-4-11/h3-6,12H,7-10H2,1-2H3. The minimum absolute atomic E-state index is 0.173. The number of benzene rings is 1. The van der Waals surface area contributed by atoms with E-state index in [9.17, 15) is 4.79 Å². The van der Waals surface area contributed by atoms with Crippen LogP contribution in [0.2, 0.25) is 5.02 Å². The van der Waals surface area contributed by atoms with E-state index in [2.05, 4.69) is 26.0 Å². The van der Waals surface area contributed by atoms with E-state index in [1.807, 2.05) is 12.1 Å². The van der Waals surface area contributed by atoms with E-state index in [0.717, 1.165) is 30.7 Å². The van der Waals surface area contributed by atoms with Gasteiger partial charge in [0, 0.05) is 17.9 Å². The Morgan fingerprint density at radius 2 is 1.94 bits per heavy atom. The summed E-state index contributed by atoms with van der Waals surface area (Å²) in [5.74, 6) is 0.910. The summed E-state index contributed by atoms with van der Waals surface area (Å²) in [5, 5.41) is 0.772. The van der Waals surface area contributed by atoms with Crippen LogP contribution in [-0.4, -0.2) is 5.78 Å². The van der Waals surface area contributed by atoms with Gasteiger partial charge in [0.2, 0.25) is 0 Å². The molecule has 2 rings (SSSR count). The normalized spacial score (nSPS) is 23.7. The molecular formula is C15H19ClO. The lowest BCUT2D eigenvalue weighted by molar-refractivity contribution is -0.124. The molecule has 0 amide bonds. The Morgan fingerprint density at radius 3 is 2.53 bits per heavy atom. The van der Waals surface area contributed by atoms with Gasteiger partial charge in [-0.2, -0.15) is 0 Å². The number of carbonyl (C=O) groups is 1. The van der Waals surface area contributed by atoms with Gasteiger partial charge in [-0.3, -0.25) is 4.79 Å². The highest BCUT2D eigenvalue weighted by Gasteiger charge is 2.32. The number of hydrogen-bond acceptors (Lipinski definition) is 1.